The molecule has 24 heavy (non-hydrogen) atoms. The van der Waals surface area contributed by atoms with Crippen LogP contribution in [-0.2, 0) is 6.42 Å². The third kappa shape index (κ3) is 2.90. The van der Waals surface area contributed by atoms with Gasteiger partial charge in [0, 0.05) is 56.5 Å². The highest BCUT2D eigenvalue weighted by Gasteiger charge is 2.40. The average Bonchev–Trinajstić information content (AvgIpc) is 3.22. The Labute approximate surface area is 142 Å². The van der Waals surface area contributed by atoms with Gasteiger partial charge in [-0.1, -0.05) is 5.16 Å². The van der Waals surface area contributed by atoms with Crippen LogP contribution in [0.5, 0.6) is 0 Å². The lowest BCUT2D eigenvalue weighted by atomic mass is 10.0. The number of aromatic nitrogens is 3. The fourth-order valence-electron chi connectivity index (χ4n) is 4.09. The van der Waals surface area contributed by atoms with Gasteiger partial charge in [-0.3, -0.25) is 0 Å². The second-order valence-electron chi connectivity index (χ2n) is 7.28. The summed E-state index contributed by atoms with van der Waals surface area (Å²) in [5.74, 6) is 3.62. The molecule has 2 aliphatic heterocycles. The smallest absolute Gasteiger partial charge is 0.138 e. The number of fused-ring (bicyclic) bond motifs is 1. The molecule has 6 nitrogen and oxygen atoms in total. The van der Waals surface area contributed by atoms with Crippen LogP contribution >= 0.6 is 0 Å². The molecule has 128 valence electrons. The molecule has 2 saturated heterocycles. The predicted octanol–water partition coefficient (Wildman–Crippen LogP) is 2.00. The Kier molecular flexibility index (Phi) is 4.00. The first-order valence-corrected chi connectivity index (χ1v) is 8.78. The third-order valence-corrected chi connectivity index (χ3v) is 5.52. The van der Waals surface area contributed by atoms with Crippen LogP contribution in [0.3, 0.4) is 0 Å². The molecule has 0 aliphatic carbocycles. The fourth-order valence-corrected chi connectivity index (χ4v) is 4.09. The Hall–Kier alpha value is -1.95. The molecule has 6 heteroatoms. The highest BCUT2D eigenvalue weighted by atomic mass is 16.5. The van der Waals surface area contributed by atoms with E-state index in [2.05, 4.69) is 38.8 Å². The van der Waals surface area contributed by atoms with Crippen LogP contribution in [0.1, 0.15) is 22.7 Å². The maximum atomic E-state index is 5.32. The molecule has 0 N–H and O–H groups in total. The number of hydrogen-bond acceptors (Lipinski definition) is 6. The Bertz CT molecular complexity index is 714. The van der Waals surface area contributed by atoms with E-state index in [-0.39, 0.29) is 0 Å². The second kappa shape index (κ2) is 6.16. The van der Waals surface area contributed by atoms with Crippen LogP contribution in [0, 0.1) is 32.6 Å². The van der Waals surface area contributed by atoms with E-state index >= 15 is 0 Å². The highest BCUT2D eigenvalue weighted by Crippen LogP contribution is 2.34. The van der Waals surface area contributed by atoms with Crippen LogP contribution in [0.25, 0.3) is 0 Å². The molecule has 2 fully saturated rings. The molecule has 0 saturated carbocycles. The molecule has 4 heterocycles. The van der Waals surface area contributed by atoms with Crippen molar-refractivity contribution < 1.29 is 4.52 Å². The summed E-state index contributed by atoms with van der Waals surface area (Å²) in [7, 11) is 0. The first kappa shape index (κ1) is 15.6. The van der Waals surface area contributed by atoms with Gasteiger partial charge in [0.05, 0.1) is 5.69 Å². The van der Waals surface area contributed by atoms with E-state index in [1.54, 1.807) is 6.33 Å². The number of anilines is 1. The van der Waals surface area contributed by atoms with Crippen molar-refractivity contribution in [2.75, 3.05) is 37.6 Å². The summed E-state index contributed by atoms with van der Waals surface area (Å²) in [5.41, 5.74) is 3.27. The van der Waals surface area contributed by atoms with Gasteiger partial charge < -0.3 is 14.3 Å². The number of rotatable bonds is 4. The largest absolute Gasteiger partial charge is 0.361 e. The molecule has 0 radical (unpaired) electrons. The van der Waals surface area contributed by atoms with Gasteiger partial charge >= 0.3 is 0 Å². The van der Waals surface area contributed by atoms with E-state index in [0.717, 1.165) is 60.9 Å². The molecule has 4 rings (SSSR count). The summed E-state index contributed by atoms with van der Waals surface area (Å²) in [6, 6.07) is 2.04. The summed E-state index contributed by atoms with van der Waals surface area (Å²) in [6.07, 6.45) is 2.64. The van der Waals surface area contributed by atoms with Crippen molar-refractivity contribution in [3.8, 4) is 0 Å². The van der Waals surface area contributed by atoms with Gasteiger partial charge in [0.15, 0.2) is 0 Å². The van der Waals surface area contributed by atoms with Crippen molar-refractivity contribution >= 4 is 5.82 Å². The standard InChI is InChI=1S/C18H25N5O/c1-12-6-17(24-21-12)4-5-22-7-15-9-23(10-16(15)8-22)18-13(2)14(3)19-11-20-18/h6,11,15-16H,4-5,7-10H2,1-3H3. The summed E-state index contributed by atoms with van der Waals surface area (Å²) < 4.78 is 5.32. The zero-order valence-electron chi connectivity index (χ0n) is 14.7. The maximum absolute atomic E-state index is 5.32. The van der Waals surface area contributed by atoms with Crippen molar-refractivity contribution in [2.24, 2.45) is 11.8 Å². The van der Waals surface area contributed by atoms with Crippen LogP contribution in [0.4, 0.5) is 5.82 Å². The van der Waals surface area contributed by atoms with E-state index in [9.17, 15) is 0 Å². The van der Waals surface area contributed by atoms with Crippen LogP contribution in [0.15, 0.2) is 16.9 Å². The fraction of sp³-hybridized carbons (Fsp3) is 0.611. The van der Waals surface area contributed by atoms with Gasteiger partial charge in [-0.25, -0.2) is 9.97 Å². The molecule has 2 unspecified atom stereocenters. The van der Waals surface area contributed by atoms with Gasteiger partial charge in [0.25, 0.3) is 0 Å². The van der Waals surface area contributed by atoms with E-state index < -0.39 is 0 Å². The lowest BCUT2D eigenvalue weighted by molar-refractivity contribution is 0.299. The molecule has 2 aromatic heterocycles. The quantitative estimate of drug-likeness (QED) is 0.856. The van der Waals surface area contributed by atoms with Gasteiger partial charge in [0.1, 0.15) is 17.9 Å². The van der Waals surface area contributed by atoms with Crippen molar-refractivity contribution in [2.45, 2.75) is 27.2 Å². The van der Waals surface area contributed by atoms with Gasteiger partial charge in [0.2, 0.25) is 0 Å². The molecule has 0 aromatic carbocycles. The molecule has 0 amide bonds. The van der Waals surface area contributed by atoms with Crippen molar-refractivity contribution in [3.05, 3.63) is 35.1 Å². The van der Waals surface area contributed by atoms with Crippen LogP contribution < -0.4 is 4.90 Å². The first-order valence-electron chi connectivity index (χ1n) is 8.78. The average molecular weight is 327 g/mol. The second-order valence-corrected chi connectivity index (χ2v) is 7.28. The topological polar surface area (TPSA) is 58.3 Å². The highest BCUT2D eigenvalue weighted by molar-refractivity contribution is 5.48. The zero-order chi connectivity index (χ0) is 16.7. The minimum absolute atomic E-state index is 0.746. The normalized spacial score (nSPS) is 23.9. The van der Waals surface area contributed by atoms with E-state index in [1.807, 2.05) is 13.0 Å². The van der Waals surface area contributed by atoms with E-state index in [0.29, 0.717) is 0 Å². The molecule has 2 aliphatic rings. The third-order valence-electron chi connectivity index (χ3n) is 5.52. The van der Waals surface area contributed by atoms with Gasteiger partial charge in [-0.2, -0.15) is 0 Å². The minimum atomic E-state index is 0.746. The van der Waals surface area contributed by atoms with Gasteiger partial charge in [-0.05, 0) is 32.6 Å². The number of likely N-dealkylation sites (tertiary alicyclic amines) is 1. The predicted molar refractivity (Wildman–Crippen MR) is 92.1 cm³/mol. The number of aryl methyl sites for hydroxylation is 2. The van der Waals surface area contributed by atoms with Crippen LogP contribution in [-0.4, -0.2) is 52.7 Å². The monoisotopic (exact) mass is 327 g/mol. The summed E-state index contributed by atoms with van der Waals surface area (Å²) in [6.45, 7) is 11.8. The van der Waals surface area contributed by atoms with E-state index in [4.69, 9.17) is 4.52 Å². The molecule has 0 spiro atoms. The lowest BCUT2D eigenvalue weighted by Gasteiger charge is -2.23. The maximum Gasteiger partial charge on any atom is 0.138 e. The molecule has 2 atom stereocenters. The molecule has 2 aromatic rings. The van der Waals surface area contributed by atoms with Crippen molar-refractivity contribution in [1.29, 1.82) is 0 Å². The Balaban J connectivity index is 1.34. The van der Waals surface area contributed by atoms with E-state index in [1.165, 1.54) is 18.7 Å². The Morgan fingerprint density at radius 3 is 2.50 bits per heavy atom. The first-order chi connectivity index (χ1) is 11.6. The Morgan fingerprint density at radius 1 is 1.08 bits per heavy atom. The summed E-state index contributed by atoms with van der Waals surface area (Å²) in [5, 5.41) is 3.97. The molecular weight excluding hydrogens is 302 g/mol. The SMILES string of the molecule is Cc1cc(CCN2CC3CN(c4ncnc(C)c4C)CC3C2)on1. The minimum Gasteiger partial charge on any atom is -0.361 e. The van der Waals surface area contributed by atoms with Crippen molar-refractivity contribution in [3.63, 3.8) is 0 Å². The summed E-state index contributed by atoms with van der Waals surface area (Å²) >= 11 is 0. The van der Waals surface area contributed by atoms with Crippen molar-refractivity contribution in [1.82, 2.24) is 20.0 Å². The molecule has 0 bridgehead atoms. The zero-order valence-corrected chi connectivity index (χ0v) is 14.7. The van der Waals surface area contributed by atoms with Crippen LogP contribution in [0.2, 0.25) is 0 Å². The molecular formula is C18H25N5O. The number of nitrogens with zero attached hydrogens (tertiary/aromatic N) is 5. The lowest BCUT2D eigenvalue weighted by Crippen LogP contribution is -2.31. The number of hydrogen-bond donors (Lipinski definition) is 0. The summed E-state index contributed by atoms with van der Waals surface area (Å²) in [4.78, 5) is 13.8. The Morgan fingerprint density at radius 2 is 1.83 bits per heavy atom. The van der Waals surface area contributed by atoms with Gasteiger partial charge in [-0.15, -0.1) is 0 Å².